The summed E-state index contributed by atoms with van der Waals surface area (Å²) in [6.07, 6.45) is 0.893. The van der Waals surface area contributed by atoms with Gasteiger partial charge in [-0.05, 0) is 19.3 Å². The van der Waals surface area contributed by atoms with Crippen LogP contribution in [0.25, 0.3) is 0 Å². The Bertz CT molecular complexity index is 614. The number of carbonyl (C=O) groups excluding carboxylic acids is 2. The Hall–Kier alpha value is -1.89. The van der Waals surface area contributed by atoms with Crippen LogP contribution in [0.2, 0.25) is 0 Å². The van der Waals surface area contributed by atoms with Crippen LogP contribution in [-0.2, 0) is 9.53 Å². The van der Waals surface area contributed by atoms with E-state index in [1.807, 2.05) is 9.80 Å². The summed E-state index contributed by atoms with van der Waals surface area (Å²) in [6.45, 7) is 6.56. The zero-order valence-corrected chi connectivity index (χ0v) is 13.9. The van der Waals surface area contributed by atoms with Crippen molar-refractivity contribution in [3.63, 3.8) is 0 Å². The summed E-state index contributed by atoms with van der Waals surface area (Å²) in [5.41, 5.74) is 0.157. The summed E-state index contributed by atoms with van der Waals surface area (Å²) in [5, 5.41) is 3.83. The SMILES string of the molecule is COC[C@@]12CN(C(C)=O)CC[C@@H]1CN(C(=O)c1cc(C)on1)C2. The van der Waals surface area contributed by atoms with E-state index in [0.717, 1.165) is 13.0 Å². The summed E-state index contributed by atoms with van der Waals surface area (Å²) in [5.74, 6) is 0.936. The number of methoxy groups -OCH3 is 1. The number of hydrogen-bond donors (Lipinski definition) is 0. The molecule has 0 saturated carbocycles. The van der Waals surface area contributed by atoms with Gasteiger partial charge in [-0.1, -0.05) is 5.16 Å². The van der Waals surface area contributed by atoms with Crippen molar-refractivity contribution in [2.75, 3.05) is 39.9 Å². The summed E-state index contributed by atoms with van der Waals surface area (Å²) < 4.78 is 10.5. The predicted octanol–water partition coefficient (Wildman–Crippen LogP) is 0.940. The molecule has 2 amide bonds. The Morgan fingerprint density at radius 2 is 2.17 bits per heavy atom. The van der Waals surface area contributed by atoms with Crippen molar-refractivity contribution in [3.05, 3.63) is 17.5 Å². The molecule has 0 spiro atoms. The van der Waals surface area contributed by atoms with Crippen LogP contribution in [-0.4, -0.2) is 66.7 Å². The van der Waals surface area contributed by atoms with Gasteiger partial charge in [0.2, 0.25) is 5.91 Å². The average Bonchev–Trinajstić information content (AvgIpc) is 3.09. The highest BCUT2D eigenvalue weighted by Gasteiger charge is 2.51. The lowest BCUT2D eigenvalue weighted by molar-refractivity contribution is -0.134. The van der Waals surface area contributed by atoms with E-state index in [2.05, 4.69) is 5.16 Å². The molecule has 0 aromatic carbocycles. The Morgan fingerprint density at radius 3 is 2.78 bits per heavy atom. The monoisotopic (exact) mass is 321 g/mol. The quantitative estimate of drug-likeness (QED) is 0.828. The van der Waals surface area contributed by atoms with Crippen LogP contribution in [0.3, 0.4) is 0 Å². The van der Waals surface area contributed by atoms with Gasteiger partial charge in [0.1, 0.15) is 5.76 Å². The van der Waals surface area contributed by atoms with Crippen LogP contribution < -0.4 is 0 Å². The number of hydrogen-bond acceptors (Lipinski definition) is 5. The Labute approximate surface area is 135 Å². The van der Waals surface area contributed by atoms with E-state index in [1.165, 1.54) is 0 Å². The molecule has 2 aliphatic rings. The number of aryl methyl sites for hydroxylation is 1. The highest BCUT2D eigenvalue weighted by molar-refractivity contribution is 5.92. The Balaban J connectivity index is 1.80. The molecule has 0 bridgehead atoms. The van der Waals surface area contributed by atoms with E-state index in [9.17, 15) is 9.59 Å². The first-order valence-electron chi connectivity index (χ1n) is 7.92. The molecule has 0 N–H and O–H groups in total. The van der Waals surface area contributed by atoms with Crippen molar-refractivity contribution in [2.24, 2.45) is 11.3 Å². The summed E-state index contributed by atoms with van der Waals surface area (Å²) in [6, 6.07) is 1.66. The van der Waals surface area contributed by atoms with Crippen molar-refractivity contribution in [2.45, 2.75) is 20.3 Å². The first kappa shape index (κ1) is 16.0. The fourth-order valence-electron chi connectivity index (χ4n) is 3.93. The molecule has 2 fully saturated rings. The zero-order chi connectivity index (χ0) is 16.6. The molecule has 1 aromatic rings. The maximum atomic E-state index is 12.6. The number of ether oxygens (including phenoxy) is 1. The fourth-order valence-corrected chi connectivity index (χ4v) is 3.93. The van der Waals surface area contributed by atoms with Crippen LogP contribution in [0, 0.1) is 18.3 Å². The average molecular weight is 321 g/mol. The van der Waals surface area contributed by atoms with E-state index < -0.39 is 0 Å². The van der Waals surface area contributed by atoms with Gasteiger partial charge in [0, 0.05) is 51.7 Å². The number of fused-ring (bicyclic) bond motifs is 1. The standard InChI is InChI=1S/C16H23N3O4/c1-11-6-14(17-23-11)15(21)19-7-13-4-5-18(12(2)20)8-16(13,9-19)10-22-3/h6,13H,4-5,7-10H2,1-3H3/t13-,16+/m1/s1. The predicted molar refractivity (Wildman–Crippen MR) is 81.8 cm³/mol. The second-order valence-electron chi connectivity index (χ2n) is 6.73. The van der Waals surface area contributed by atoms with Crippen molar-refractivity contribution >= 4 is 11.8 Å². The topological polar surface area (TPSA) is 75.9 Å². The summed E-state index contributed by atoms with van der Waals surface area (Å²) in [7, 11) is 1.67. The van der Waals surface area contributed by atoms with Gasteiger partial charge in [0.25, 0.3) is 5.91 Å². The largest absolute Gasteiger partial charge is 0.384 e. The van der Waals surface area contributed by atoms with Crippen LogP contribution in [0.15, 0.2) is 10.6 Å². The molecular formula is C16H23N3O4. The molecule has 7 nitrogen and oxygen atoms in total. The molecule has 2 saturated heterocycles. The molecule has 3 heterocycles. The van der Waals surface area contributed by atoms with Gasteiger partial charge >= 0.3 is 0 Å². The van der Waals surface area contributed by atoms with Gasteiger partial charge in [0.05, 0.1) is 6.61 Å². The Morgan fingerprint density at radius 1 is 1.43 bits per heavy atom. The van der Waals surface area contributed by atoms with Gasteiger partial charge < -0.3 is 19.1 Å². The molecular weight excluding hydrogens is 298 g/mol. The minimum Gasteiger partial charge on any atom is -0.384 e. The van der Waals surface area contributed by atoms with Crippen molar-refractivity contribution in [3.8, 4) is 0 Å². The number of aromatic nitrogens is 1. The normalized spacial score (nSPS) is 27.2. The third kappa shape index (κ3) is 2.85. The smallest absolute Gasteiger partial charge is 0.276 e. The summed E-state index contributed by atoms with van der Waals surface area (Å²) in [4.78, 5) is 28.1. The molecule has 0 aliphatic carbocycles. The number of piperidine rings is 1. The van der Waals surface area contributed by atoms with Gasteiger partial charge in [-0.2, -0.15) is 0 Å². The van der Waals surface area contributed by atoms with Crippen LogP contribution in [0.5, 0.6) is 0 Å². The van der Waals surface area contributed by atoms with E-state index in [4.69, 9.17) is 9.26 Å². The number of rotatable bonds is 3. The second kappa shape index (κ2) is 5.96. The first-order valence-corrected chi connectivity index (χ1v) is 7.92. The maximum absolute atomic E-state index is 12.6. The summed E-state index contributed by atoms with van der Waals surface area (Å²) >= 11 is 0. The van der Waals surface area contributed by atoms with Crippen molar-refractivity contribution in [1.29, 1.82) is 0 Å². The van der Waals surface area contributed by atoms with Crippen LogP contribution in [0.4, 0.5) is 0 Å². The highest BCUT2D eigenvalue weighted by Crippen LogP contribution is 2.42. The molecule has 0 unspecified atom stereocenters. The minimum atomic E-state index is -0.187. The van der Waals surface area contributed by atoms with Crippen LogP contribution >= 0.6 is 0 Å². The van der Waals surface area contributed by atoms with Gasteiger partial charge in [0.15, 0.2) is 5.69 Å². The lowest BCUT2D eigenvalue weighted by Crippen LogP contribution is -2.52. The van der Waals surface area contributed by atoms with Gasteiger partial charge in [-0.15, -0.1) is 0 Å². The third-order valence-electron chi connectivity index (χ3n) is 5.08. The molecule has 2 atom stereocenters. The fraction of sp³-hybridized carbons (Fsp3) is 0.688. The molecule has 2 aliphatic heterocycles. The van der Waals surface area contributed by atoms with Gasteiger partial charge in [-0.25, -0.2) is 0 Å². The number of carbonyl (C=O) groups is 2. The van der Waals surface area contributed by atoms with E-state index in [0.29, 0.717) is 43.6 Å². The van der Waals surface area contributed by atoms with Crippen LogP contribution in [0.1, 0.15) is 29.6 Å². The third-order valence-corrected chi connectivity index (χ3v) is 5.08. The lowest BCUT2D eigenvalue weighted by Gasteiger charge is -2.43. The number of amides is 2. The van der Waals surface area contributed by atoms with Crippen molar-refractivity contribution in [1.82, 2.24) is 15.0 Å². The number of nitrogens with zero attached hydrogens (tertiary/aromatic N) is 3. The zero-order valence-electron chi connectivity index (χ0n) is 13.9. The lowest BCUT2D eigenvalue weighted by atomic mass is 9.74. The molecule has 7 heteroatoms. The molecule has 126 valence electrons. The molecule has 0 radical (unpaired) electrons. The van der Waals surface area contributed by atoms with Gasteiger partial charge in [-0.3, -0.25) is 9.59 Å². The maximum Gasteiger partial charge on any atom is 0.276 e. The highest BCUT2D eigenvalue weighted by atomic mass is 16.5. The molecule has 3 rings (SSSR count). The van der Waals surface area contributed by atoms with E-state index in [1.54, 1.807) is 27.0 Å². The van der Waals surface area contributed by atoms with Crippen molar-refractivity contribution < 1.29 is 18.8 Å². The second-order valence-corrected chi connectivity index (χ2v) is 6.73. The van der Waals surface area contributed by atoms with E-state index in [-0.39, 0.29) is 17.2 Å². The first-order chi connectivity index (χ1) is 10.9. The van der Waals surface area contributed by atoms with E-state index >= 15 is 0 Å². The molecule has 23 heavy (non-hydrogen) atoms. The minimum absolute atomic E-state index is 0.0795. The Kier molecular flexibility index (Phi) is 4.14. The number of likely N-dealkylation sites (tertiary alicyclic amines) is 2. The molecule has 1 aromatic heterocycles.